The van der Waals surface area contributed by atoms with Crippen LogP contribution in [0.3, 0.4) is 0 Å². The molecule has 1 aliphatic carbocycles. The van der Waals surface area contributed by atoms with Gasteiger partial charge in [0.2, 0.25) is 0 Å². The van der Waals surface area contributed by atoms with Gasteiger partial charge in [-0.05, 0) is 61.8 Å². The van der Waals surface area contributed by atoms with E-state index in [0.717, 1.165) is 0 Å². The number of thioether (sulfide) groups is 1. The van der Waals surface area contributed by atoms with E-state index in [1.54, 1.807) is 0 Å². The van der Waals surface area contributed by atoms with Crippen molar-refractivity contribution in [2.75, 3.05) is 25.1 Å². The summed E-state index contributed by atoms with van der Waals surface area (Å²) in [5.41, 5.74) is 2.06. The third-order valence-electron chi connectivity index (χ3n) is 4.75. The lowest BCUT2D eigenvalue weighted by molar-refractivity contribution is 0.0820. The molecule has 3 rings (SSSR count). The fraction of sp³-hybridized carbons (Fsp3) is 0.733. The molecule has 0 spiro atoms. The number of nitrogens with zero attached hydrogens (tertiary/aromatic N) is 1. The van der Waals surface area contributed by atoms with E-state index in [4.69, 9.17) is 0 Å². The molecule has 1 aliphatic heterocycles. The van der Waals surface area contributed by atoms with Crippen LogP contribution in [0.4, 0.5) is 0 Å². The Hall–Kier alpha value is -0.410. The molecule has 1 aromatic heterocycles. The van der Waals surface area contributed by atoms with E-state index in [1.165, 1.54) is 56.6 Å². The van der Waals surface area contributed by atoms with Crippen LogP contribution in [0.5, 0.6) is 0 Å². The van der Waals surface area contributed by atoms with Crippen molar-refractivity contribution >= 4 is 11.8 Å². The van der Waals surface area contributed by atoms with Crippen LogP contribution in [-0.2, 0) is 0 Å². The summed E-state index contributed by atoms with van der Waals surface area (Å²) in [6.07, 6.45) is 11.3. The Morgan fingerprint density at radius 1 is 1.44 bits per heavy atom. The Morgan fingerprint density at radius 2 is 2.33 bits per heavy atom. The molecule has 1 aromatic rings. The molecule has 0 aromatic carbocycles. The zero-order valence-corrected chi connectivity index (χ0v) is 12.1. The van der Waals surface area contributed by atoms with E-state index in [1.807, 2.05) is 11.8 Å². The van der Waals surface area contributed by atoms with Crippen LogP contribution >= 0.6 is 11.8 Å². The minimum Gasteiger partial charge on any atom is -0.364 e. The lowest BCUT2D eigenvalue weighted by atomic mass is 9.70. The Bertz CT molecular complexity index is 370. The van der Waals surface area contributed by atoms with Crippen molar-refractivity contribution in [1.82, 2.24) is 9.88 Å². The van der Waals surface area contributed by atoms with Crippen molar-refractivity contribution in [3.8, 4) is 0 Å². The average molecular weight is 264 g/mol. The van der Waals surface area contributed by atoms with Gasteiger partial charge < -0.3 is 4.98 Å². The molecule has 3 heteroatoms. The van der Waals surface area contributed by atoms with Crippen LogP contribution in [0, 0.1) is 5.41 Å². The Morgan fingerprint density at radius 3 is 2.94 bits per heavy atom. The van der Waals surface area contributed by atoms with E-state index in [9.17, 15) is 0 Å². The highest BCUT2D eigenvalue weighted by atomic mass is 32.2. The molecule has 1 atom stereocenters. The van der Waals surface area contributed by atoms with Gasteiger partial charge in [0.1, 0.15) is 0 Å². The molecule has 2 fully saturated rings. The standard InChI is InChI=1S/C15H24N2S/c1-18-12-15(7-4-8-15)11-17-10-3-6-14(17)13-5-2-9-16-13/h2,5,9,14,16H,3-4,6-8,10-12H2,1H3/t14-/m0/s1. The maximum atomic E-state index is 3.42. The zero-order valence-electron chi connectivity index (χ0n) is 11.3. The van der Waals surface area contributed by atoms with E-state index in [0.29, 0.717) is 11.5 Å². The number of aromatic amines is 1. The molecular weight excluding hydrogens is 240 g/mol. The van der Waals surface area contributed by atoms with Crippen LogP contribution in [0.2, 0.25) is 0 Å². The van der Waals surface area contributed by atoms with Gasteiger partial charge in [0.15, 0.2) is 0 Å². The van der Waals surface area contributed by atoms with Gasteiger partial charge in [-0.25, -0.2) is 0 Å². The van der Waals surface area contributed by atoms with Crippen LogP contribution in [-0.4, -0.2) is 35.0 Å². The van der Waals surface area contributed by atoms with Crippen molar-refractivity contribution in [3.05, 3.63) is 24.0 Å². The SMILES string of the molecule is CSCC1(CN2CCC[C@H]2c2ccc[nH]2)CCC1. The fourth-order valence-electron chi connectivity index (χ4n) is 3.68. The first kappa shape index (κ1) is 12.6. The highest BCUT2D eigenvalue weighted by Crippen LogP contribution is 2.46. The number of aromatic nitrogens is 1. The topological polar surface area (TPSA) is 19.0 Å². The second-order valence-electron chi connectivity index (χ2n) is 6.04. The average Bonchev–Trinajstić information content (AvgIpc) is 2.95. The predicted octanol–water partition coefficient (Wildman–Crippen LogP) is 3.68. The van der Waals surface area contributed by atoms with Gasteiger partial charge in [-0.15, -0.1) is 0 Å². The first-order chi connectivity index (χ1) is 8.83. The molecule has 0 unspecified atom stereocenters. The lowest BCUT2D eigenvalue weighted by Gasteiger charge is -2.45. The molecule has 18 heavy (non-hydrogen) atoms. The summed E-state index contributed by atoms with van der Waals surface area (Å²) >= 11 is 2.03. The third-order valence-corrected chi connectivity index (χ3v) is 5.65. The normalized spacial score (nSPS) is 27.3. The van der Waals surface area contributed by atoms with Crippen LogP contribution in [0.25, 0.3) is 0 Å². The Kier molecular flexibility index (Phi) is 3.71. The molecule has 1 saturated heterocycles. The zero-order chi connectivity index (χ0) is 12.4. The van der Waals surface area contributed by atoms with E-state index < -0.39 is 0 Å². The highest BCUT2D eigenvalue weighted by Gasteiger charge is 2.40. The quantitative estimate of drug-likeness (QED) is 0.874. The van der Waals surface area contributed by atoms with Crippen molar-refractivity contribution in [2.45, 2.75) is 38.1 Å². The largest absolute Gasteiger partial charge is 0.364 e. The molecule has 1 N–H and O–H groups in total. The van der Waals surface area contributed by atoms with Crippen molar-refractivity contribution in [1.29, 1.82) is 0 Å². The van der Waals surface area contributed by atoms with Gasteiger partial charge in [0.25, 0.3) is 0 Å². The Labute approximate surface area is 115 Å². The molecule has 100 valence electrons. The minimum absolute atomic E-state index is 0.634. The first-order valence-corrected chi connectivity index (χ1v) is 8.59. The summed E-state index contributed by atoms with van der Waals surface area (Å²) in [5, 5.41) is 0. The summed E-state index contributed by atoms with van der Waals surface area (Å²) in [7, 11) is 0. The second-order valence-corrected chi connectivity index (χ2v) is 6.91. The van der Waals surface area contributed by atoms with Gasteiger partial charge in [-0.2, -0.15) is 11.8 Å². The number of likely N-dealkylation sites (tertiary alicyclic amines) is 1. The van der Waals surface area contributed by atoms with Crippen LogP contribution < -0.4 is 0 Å². The van der Waals surface area contributed by atoms with Gasteiger partial charge in [0.05, 0.1) is 0 Å². The van der Waals surface area contributed by atoms with Gasteiger partial charge in [0, 0.05) is 24.5 Å². The van der Waals surface area contributed by atoms with Gasteiger partial charge in [-0.1, -0.05) is 6.42 Å². The molecular formula is C15H24N2S. The summed E-state index contributed by atoms with van der Waals surface area (Å²) in [4.78, 5) is 6.15. The smallest absolute Gasteiger partial charge is 0.0499 e. The number of H-pyrrole nitrogens is 1. The van der Waals surface area contributed by atoms with Crippen LogP contribution in [0.1, 0.15) is 43.8 Å². The minimum atomic E-state index is 0.634. The van der Waals surface area contributed by atoms with Crippen molar-refractivity contribution < 1.29 is 0 Å². The molecule has 0 bridgehead atoms. The van der Waals surface area contributed by atoms with Gasteiger partial charge >= 0.3 is 0 Å². The highest BCUT2D eigenvalue weighted by molar-refractivity contribution is 7.98. The Balaban J connectivity index is 1.68. The lowest BCUT2D eigenvalue weighted by Crippen LogP contribution is -2.43. The molecule has 0 radical (unpaired) electrons. The molecule has 0 amide bonds. The first-order valence-electron chi connectivity index (χ1n) is 7.19. The number of hydrogen-bond donors (Lipinski definition) is 1. The predicted molar refractivity (Wildman–Crippen MR) is 79.0 cm³/mol. The maximum absolute atomic E-state index is 3.42. The second kappa shape index (κ2) is 5.30. The number of nitrogens with one attached hydrogen (secondary N) is 1. The summed E-state index contributed by atoms with van der Waals surface area (Å²) in [6.45, 7) is 2.61. The number of hydrogen-bond acceptors (Lipinski definition) is 2. The van der Waals surface area contributed by atoms with Crippen LogP contribution in [0.15, 0.2) is 18.3 Å². The summed E-state index contributed by atoms with van der Waals surface area (Å²) in [5.74, 6) is 1.35. The van der Waals surface area contributed by atoms with Crippen molar-refractivity contribution in [3.63, 3.8) is 0 Å². The van der Waals surface area contributed by atoms with E-state index in [-0.39, 0.29) is 0 Å². The molecule has 1 saturated carbocycles. The van der Waals surface area contributed by atoms with E-state index in [2.05, 4.69) is 34.5 Å². The van der Waals surface area contributed by atoms with Gasteiger partial charge in [-0.3, -0.25) is 4.90 Å². The monoisotopic (exact) mass is 264 g/mol. The summed E-state index contributed by atoms with van der Waals surface area (Å²) < 4.78 is 0. The molecule has 2 aliphatic rings. The third kappa shape index (κ3) is 2.35. The molecule has 2 nitrogen and oxygen atoms in total. The maximum Gasteiger partial charge on any atom is 0.0499 e. The van der Waals surface area contributed by atoms with Crippen molar-refractivity contribution in [2.24, 2.45) is 5.41 Å². The fourth-order valence-corrected chi connectivity index (χ4v) is 4.67. The van der Waals surface area contributed by atoms with E-state index >= 15 is 0 Å². The number of rotatable bonds is 5. The summed E-state index contributed by atoms with van der Waals surface area (Å²) in [6, 6.07) is 5.04. The molecule has 2 heterocycles.